The Balaban J connectivity index is 1.18. The van der Waals surface area contributed by atoms with Crippen molar-refractivity contribution in [1.82, 2.24) is 24.8 Å². The van der Waals surface area contributed by atoms with Gasteiger partial charge < -0.3 is 23.6 Å². The van der Waals surface area contributed by atoms with Crippen molar-refractivity contribution < 1.29 is 27.9 Å². The molecule has 5 aliphatic rings. The van der Waals surface area contributed by atoms with Crippen LogP contribution in [-0.2, 0) is 9.47 Å². The van der Waals surface area contributed by atoms with E-state index in [9.17, 15) is 4.79 Å². The van der Waals surface area contributed by atoms with Crippen LogP contribution in [0.1, 0.15) is 83.6 Å². The summed E-state index contributed by atoms with van der Waals surface area (Å²) in [6.45, 7) is 8.99. The molecule has 1 amide bonds. The lowest BCUT2D eigenvalue weighted by molar-refractivity contribution is 0.0122. The third-order valence-corrected chi connectivity index (χ3v) is 12.7. The molecule has 3 aromatic rings. The molecule has 6 heterocycles. The maximum Gasteiger partial charge on any atom is 0.410 e. The molecule has 0 N–H and O–H groups in total. The Bertz CT molecular complexity index is 1850. The molecule has 2 aromatic heterocycles. The Labute approximate surface area is 324 Å². The molecule has 3 unspecified atom stereocenters. The monoisotopic (exact) mass is 866 g/mol. The highest BCUT2D eigenvalue weighted by atomic mass is 127. The Morgan fingerprint density at radius 1 is 1.12 bits per heavy atom. The number of pyridine rings is 1. The maximum atomic E-state index is 17.2. The molecule has 11 nitrogen and oxygen atoms in total. The highest BCUT2D eigenvalue weighted by Gasteiger charge is 2.50. The third-order valence-electron chi connectivity index (χ3n) is 11.4. The molecule has 5 fully saturated rings. The van der Waals surface area contributed by atoms with E-state index in [0.29, 0.717) is 59.9 Å². The standard InChI is InChI=1S/C37H46ClFIN6O5P/c1-36(2,3)50-35(47)46-22-8-9-23(46)18-44(17-22)33-27-16-41-31(26-14-25(51-52-40)15-28(38)29(26)21-6-7-21)30(39)32(27)42-34(43-33)49-20-37-11-5-13-45(37)24(10-12-37)19-48-4/h14-16,21-24,52H,5-13,17-20H2,1-4H3/t22?,23?,24-,37+/m0/s1. The quantitative estimate of drug-likeness (QED) is 0.146. The van der Waals surface area contributed by atoms with Gasteiger partial charge in [0.2, 0.25) is 0 Å². The van der Waals surface area contributed by atoms with E-state index in [0.717, 1.165) is 63.5 Å². The molecule has 1 aliphatic carbocycles. The first-order valence-corrected chi connectivity index (χ1v) is 22.8. The number of ether oxygens (including phenoxy) is 3. The zero-order valence-corrected chi connectivity index (χ0v) is 34.0. The van der Waals surface area contributed by atoms with Crippen LogP contribution >= 0.6 is 40.1 Å². The normalized spacial score (nSPS) is 26.2. The summed E-state index contributed by atoms with van der Waals surface area (Å²) in [5.41, 5.74) is 1.13. The zero-order valence-electron chi connectivity index (χ0n) is 30.1. The summed E-state index contributed by atoms with van der Waals surface area (Å²) in [4.78, 5) is 34.4. The average Bonchev–Trinajstić information content (AvgIpc) is 3.67. The number of rotatable bonds is 10. The topological polar surface area (TPSA) is 102 Å². The van der Waals surface area contributed by atoms with E-state index in [4.69, 9.17) is 45.3 Å². The predicted molar refractivity (Wildman–Crippen MR) is 209 cm³/mol. The minimum Gasteiger partial charge on any atom is -0.467 e. The highest BCUT2D eigenvalue weighted by Crippen LogP contribution is 2.50. The van der Waals surface area contributed by atoms with Gasteiger partial charge in [0.15, 0.2) is 5.82 Å². The number of hydrogen-bond donors (Lipinski definition) is 0. The van der Waals surface area contributed by atoms with E-state index in [-0.39, 0.29) is 53.3 Å². The third kappa shape index (κ3) is 6.90. The summed E-state index contributed by atoms with van der Waals surface area (Å²) in [7, 11) is 1.75. The van der Waals surface area contributed by atoms with Gasteiger partial charge in [0.25, 0.3) is 0 Å². The Kier molecular flexibility index (Phi) is 10.1. The average molecular weight is 867 g/mol. The van der Waals surface area contributed by atoms with Crippen molar-refractivity contribution in [2.75, 3.05) is 44.9 Å². The lowest BCUT2D eigenvalue weighted by Gasteiger charge is -2.42. The largest absolute Gasteiger partial charge is 0.467 e. The van der Waals surface area contributed by atoms with Crippen molar-refractivity contribution in [3.05, 3.63) is 34.7 Å². The van der Waals surface area contributed by atoms with Gasteiger partial charge in [0, 0.05) is 43.0 Å². The summed E-state index contributed by atoms with van der Waals surface area (Å²) < 4.78 is 40.9. The number of amides is 1. The molecule has 1 saturated carbocycles. The number of fused-ring (bicyclic) bond motifs is 4. The fourth-order valence-corrected chi connectivity index (χ4v) is 10.4. The van der Waals surface area contributed by atoms with Gasteiger partial charge in [-0.1, -0.05) is 11.6 Å². The molecule has 0 radical (unpaired) electrons. The fraction of sp³-hybridized carbons (Fsp3) is 0.622. The second-order valence-electron chi connectivity index (χ2n) is 16.0. The van der Waals surface area contributed by atoms with Crippen molar-refractivity contribution in [2.45, 2.75) is 107 Å². The van der Waals surface area contributed by atoms with Crippen molar-refractivity contribution >= 4 is 62.9 Å². The van der Waals surface area contributed by atoms with Crippen LogP contribution in [-0.4, -0.2) is 100 Å². The van der Waals surface area contributed by atoms with Gasteiger partial charge in [0.05, 0.1) is 29.6 Å². The lowest BCUT2D eigenvalue weighted by Crippen LogP contribution is -2.57. The highest BCUT2D eigenvalue weighted by molar-refractivity contribution is 14.2. The van der Waals surface area contributed by atoms with Crippen molar-refractivity contribution in [3.8, 4) is 23.0 Å². The van der Waals surface area contributed by atoms with Gasteiger partial charge in [-0.3, -0.25) is 14.8 Å². The second kappa shape index (κ2) is 14.4. The number of hydrogen-bond acceptors (Lipinski definition) is 10. The van der Waals surface area contributed by atoms with Gasteiger partial charge in [0.1, 0.15) is 41.4 Å². The molecule has 5 atom stereocenters. The van der Waals surface area contributed by atoms with E-state index >= 15 is 4.39 Å². The van der Waals surface area contributed by atoms with Crippen molar-refractivity contribution in [1.29, 1.82) is 0 Å². The van der Waals surface area contributed by atoms with Gasteiger partial charge in [-0.15, -0.1) is 0 Å². The van der Waals surface area contributed by atoms with Crippen LogP contribution in [0.2, 0.25) is 5.02 Å². The van der Waals surface area contributed by atoms with Crippen molar-refractivity contribution in [3.63, 3.8) is 0 Å². The van der Waals surface area contributed by atoms with Gasteiger partial charge >= 0.3 is 12.1 Å². The van der Waals surface area contributed by atoms with E-state index in [1.54, 1.807) is 13.3 Å². The lowest BCUT2D eigenvalue weighted by atomic mass is 9.95. The summed E-state index contributed by atoms with van der Waals surface area (Å²) >= 11 is 8.99. The molecular weight excluding hydrogens is 821 g/mol. The first-order chi connectivity index (χ1) is 25.0. The van der Waals surface area contributed by atoms with E-state index in [1.807, 2.05) is 37.8 Å². The Morgan fingerprint density at radius 2 is 1.88 bits per heavy atom. The van der Waals surface area contributed by atoms with E-state index in [1.165, 1.54) is 0 Å². The molecule has 4 aliphatic heterocycles. The summed E-state index contributed by atoms with van der Waals surface area (Å²) in [6, 6.07) is 4.03. The molecule has 4 saturated heterocycles. The van der Waals surface area contributed by atoms with Crippen LogP contribution in [0.15, 0.2) is 18.3 Å². The molecule has 52 heavy (non-hydrogen) atoms. The summed E-state index contributed by atoms with van der Waals surface area (Å²) in [5.74, 6) is 0.837. The smallest absolute Gasteiger partial charge is 0.410 e. The first-order valence-electron chi connectivity index (χ1n) is 18.4. The Hall–Kier alpha value is -2.32. The number of nitrogens with zero attached hydrogens (tertiary/aromatic N) is 6. The number of piperazine rings is 1. The molecule has 8 rings (SSSR count). The van der Waals surface area contributed by atoms with Crippen LogP contribution in [0.5, 0.6) is 11.8 Å². The molecular formula is C37H46ClFIN6O5P. The van der Waals surface area contributed by atoms with Crippen LogP contribution in [0.3, 0.4) is 0 Å². The van der Waals surface area contributed by atoms with Crippen LogP contribution in [0.25, 0.3) is 22.2 Å². The fourth-order valence-electron chi connectivity index (χ4n) is 9.06. The minimum atomic E-state index is -0.591. The molecule has 280 valence electrons. The number of benzene rings is 1. The van der Waals surface area contributed by atoms with Crippen molar-refractivity contribution in [2.24, 2.45) is 0 Å². The summed E-state index contributed by atoms with van der Waals surface area (Å²) in [6.07, 6.45) is 9.22. The number of aromatic nitrogens is 3. The van der Waals surface area contributed by atoms with E-state index < -0.39 is 11.4 Å². The zero-order chi connectivity index (χ0) is 36.4. The SMILES string of the molecule is COC[C@@H]1CC[C@@]2(COc3nc(N4CC5CCC(C4)N5C(=O)OC(C)(C)C)c4cnc(-c5cc(OPI)cc(Cl)c5C5CC5)c(F)c4n3)CCCN12. The van der Waals surface area contributed by atoms with Gasteiger partial charge in [-0.05, 0) is 124 Å². The van der Waals surface area contributed by atoms with Gasteiger partial charge in [-0.2, -0.15) is 9.97 Å². The van der Waals surface area contributed by atoms with E-state index in [2.05, 4.69) is 31.8 Å². The van der Waals surface area contributed by atoms with Crippen LogP contribution in [0, 0.1) is 5.82 Å². The number of methoxy groups -OCH3 is 1. The number of carbonyl (C=O) groups excluding carboxylic acids is 1. The Morgan fingerprint density at radius 3 is 2.58 bits per heavy atom. The second-order valence-corrected chi connectivity index (χ2v) is 18.1. The van der Waals surface area contributed by atoms with Crippen LogP contribution in [0.4, 0.5) is 15.0 Å². The molecule has 1 aromatic carbocycles. The summed E-state index contributed by atoms with van der Waals surface area (Å²) in [5, 5.41) is 1.06. The first kappa shape index (κ1) is 36.6. The molecule has 15 heteroatoms. The van der Waals surface area contributed by atoms with Gasteiger partial charge in [-0.25, -0.2) is 9.18 Å². The predicted octanol–water partition coefficient (Wildman–Crippen LogP) is 8.29. The maximum absolute atomic E-state index is 17.2. The molecule has 0 spiro atoms. The van der Waals surface area contributed by atoms with Crippen LogP contribution < -0.4 is 14.2 Å². The number of anilines is 1. The molecule has 2 bridgehead atoms. The minimum absolute atomic E-state index is 0.0631. The number of carbonyl (C=O) groups is 1. The number of halogens is 3.